The van der Waals surface area contributed by atoms with E-state index in [1.165, 1.54) is 12.1 Å². The molecule has 1 aliphatic heterocycles. The minimum absolute atomic E-state index is 0.0403. The molecule has 19 heavy (non-hydrogen) atoms. The van der Waals surface area contributed by atoms with E-state index in [2.05, 4.69) is 0 Å². The molecule has 0 bridgehead atoms. The van der Waals surface area contributed by atoms with E-state index in [1.54, 1.807) is 13.8 Å². The molecule has 2 rings (SSSR count). The standard InChI is InChI=1S/C12H14O5S2/c1-8(2)18(14,15)6-9-7-19(16,17)12-5-10(13)3-4-11(9)12/h3-5,7-8,13H,6H2,1-2H3. The quantitative estimate of drug-likeness (QED) is 0.910. The second-order valence-electron chi connectivity index (χ2n) is 4.72. The molecule has 1 aromatic rings. The molecule has 0 saturated carbocycles. The molecule has 0 radical (unpaired) electrons. The van der Waals surface area contributed by atoms with E-state index in [-0.39, 0.29) is 22.0 Å². The van der Waals surface area contributed by atoms with E-state index in [0.717, 1.165) is 11.5 Å². The van der Waals surface area contributed by atoms with Gasteiger partial charge in [-0.3, -0.25) is 0 Å². The molecule has 1 heterocycles. The number of hydrogen-bond donors (Lipinski definition) is 1. The molecule has 0 unspecified atom stereocenters. The van der Waals surface area contributed by atoms with Crippen LogP contribution in [0.5, 0.6) is 5.75 Å². The first-order valence-corrected chi connectivity index (χ1v) is 8.90. The van der Waals surface area contributed by atoms with Gasteiger partial charge in [-0.2, -0.15) is 0 Å². The van der Waals surface area contributed by atoms with Gasteiger partial charge in [0.25, 0.3) is 0 Å². The summed E-state index contributed by atoms with van der Waals surface area (Å²) in [4.78, 5) is -0.0403. The largest absolute Gasteiger partial charge is 0.508 e. The predicted molar refractivity (Wildman–Crippen MR) is 72.2 cm³/mol. The Labute approximate surface area is 112 Å². The Morgan fingerprint density at radius 2 is 1.89 bits per heavy atom. The zero-order valence-corrected chi connectivity index (χ0v) is 12.1. The lowest BCUT2D eigenvalue weighted by Gasteiger charge is -2.09. The van der Waals surface area contributed by atoms with Gasteiger partial charge in [-0.05, 0) is 43.2 Å². The summed E-state index contributed by atoms with van der Waals surface area (Å²) in [6, 6.07) is 3.91. The second-order valence-corrected chi connectivity index (χ2v) is 9.05. The van der Waals surface area contributed by atoms with Crippen molar-refractivity contribution >= 4 is 25.2 Å². The second kappa shape index (κ2) is 4.35. The van der Waals surface area contributed by atoms with Crippen LogP contribution < -0.4 is 0 Å². The predicted octanol–water partition coefficient (Wildman–Crippen LogP) is 1.34. The minimum atomic E-state index is -3.66. The molecule has 0 aliphatic carbocycles. The maximum atomic E-state index is 11.9. The fourth-order valence-corrected chi connectivity index (χ4v) is 4.43. The number of fused-ring (bicyclic) bond motifs is 1. The molecule has 1 N–H and O–H groups in total. The third kappa shape index (κ3) is 2.52. The molecule has 7 heteroatoms. The molecule has 0 amide bonds. The van der Waals surface area contributed by atoms with Gasteiger partial charge in [0.05, 0.1) is 15.9 Å². The van der Waals surface area contributed by atoms with Gasteiger partial charge < -0.3 is 5.11 Å². The lowest BCUT2D eigenvalue weighted by atomic mass is 10.1. The third-order valence-corrected chi connectivity index (χ3v) is 6.69. The Morgan fingerprint density at radius 3 is 2.47 bits per heavy atom. The molecule has 5 nitrogen and oxygen atoms in total. The number of phenolic OH excluding ortho intramolecular Hbond substituents is 1. The summed E-state index contributed by atoms with van der Waals surface area (Å²) in [5.41, 5.74) is 0.603. The Balaban J connectivity index is 2.53. The Bertz CT molecular complexity index is 755. The average Bonchev–Trinajstić information content (AvgIpc) is 2.49. The summed E-state index contributed by atoms with van der Waals surface area (Å²) in [5.74, 6) is -0.481. The molecule has 1 aromatic carbocycles. The van der Waals surface area contributed by atoms with Crippen LogP contribution in [0.25, 0.3) is 5.57 Å². The van der Waals surface area contributed by atoms with Gasteiger partial charge in [0.15, 0.2) is 9.84 Å². The van der Waals surface area contributed by atoms with E-state index >= 15 is 0 Å². The maximum absolute atomic E-state index is 11.9. The Morgan fingerprint density at radius 1 is 1.26 bits per heavy atom. The van der Waals surface area contributed by atoms with Crippen LogP contribution in [0.3, 0.4) is 0 Å². The summed E-state index contributed by atoms with van der Waals surface area (Å²) < 4.78 is 47.6. The Hall–Kier alpha value is -1.34. The summed E-state index contributed by atoms with van der Waals surface area (Å²) in [6.45, 7) is 3.11. The highest BCUT2D eigenvalue weighted by molar-refractivity contribution is 7.95. The van der Waals surface area contributed by atoms with E-state index in [0.29, 0.717) is 5.56 Å². The lowest BCUT2D eigenvalue weighted by Crippen LogP contribution is -2.18. The van der Waals surface area contributed by atoms with Crippen molar-refractivity contribution in [3.63, 3.8) is 0 Å². The monoisotopic (exact) mass is 302 g/mol. The number of sulfone groups is 2. The van der Waals surface area contributed by atoms with Gasteiger partial charge in [-0.15, -0.1) is 0 Å². The molecule has 104 valence electrons. The van der Waals surface area contributed by atoms with Crippen LogP contribution in [0.2, 0.25) is 0 Å². The zero-order chi connectivity index (χ0) is 14.4. The van der Waals surface area contributed by atoms with Crippen LogP contribution in [-0.4, -0.2) is 32.9 Å². The molecule has 0 saturated heterocycles. The summed E-state index contributed by atoms with van der Waals surface area (Å²) in [5, 5.41) is 9.73. The molecule has 0 spiro atoms. The highest BCUT2D eigenvalue weighted by Crippen LogP contribution is 2.36. The first kappa shape index (κ1) is 14.1. The van der Waals surface area contributed by atoms with Crippen molar-refractivity contribution in [2.24, 2.45) is 0 Å². The summed E-state index contributed by atoms with van der Waals surface area (Å²) >= 11 is 0. The summed E-state index contributed by atoms with van der Waals surface area (Å²) in [6.07, 6.45) is 0. The minimum Gasteiger partial charge on any atom is -0.508 e. The number of phenols is 1. The van der Waals surface area contributed by atoms with Gasteiger partial charge in [0.1, 0.15) is 5.75 Å². The van der Waals surface area contributed by atoms with Crippen molar-refractivity contribution < 1.29 is 21.9 Å². The van der Waals surface area contributed by atoms with Crippen molar-refractivity contribution in [2.45, 2.75) is 24.0 Å². The van der Waals surface area contributed by atoms with Gasteiger partial charge in [-0.25, -0.2) is 16.8 Å². The SMILES string of the molecule is CC(C)S(=O)(=O)CC1=CS(=O)(=O)c2cc(O)ccc21. The van der Waals surface area contributed by atoms with Crippen LogP contribution >= 0.6 is 0 Å². The van der Waals surface area contributed by atoms with E-state index in [1.807, 2.05) is 0 Å². The molecule has 1 aliphatic rings. The van der Waals surface area contributed by atoms with Gasteiger partial charge in [0.2, 0.25) is 9.84 Å². The fourth-order valence-electron chi connectivity index (χ4n) is 1.82. The lowest BCUT2D eigenvalue weighted by molar-refractivity contribution is 0.473. The topological polar surface area (TPSA) is 88.5 Å². The maximum Gasteiger partial charge on any atom is 0.200 e. The first-order chi connectivity index (χ1) is 8.63. The fraction of sp³-hybridized carbons (Fsp3) is 0.333. The third-order valence-electron chi connectivity index (χ3n) is 2.99. The van der Waals surface area contributed by atoms with E-state index in [9.17, 15) is 21.9 Å². The molecular formula is C12H14O5S2. The summed E-state index contributed by atoms with van der Waals surface area (Å²) in [7, 11) is -7.04. The molecule has 0 atom stereocenters. The van der Waals surface area contributed by atoms with Crippen LogP contribution in [0.4, 0.5) is 0 Å². The number of benzene rings is 1. The number of hydrogen-bond acceptors (Lipinski definition) is 5. The van der Waals surface area contributed by atoms with Crippen LogP contribution in [-0.2, 0) is 19.7 Å². The van der Waals surface area contributed by atoms with Crippen molar-refractivity contribution in [3.8, 4) is 5.75 Å². The Kier molecular flexibility index (Phi) is 3.22. The van der Waals surface area contributed by atoms with Crippen LogP contribution in [0, 0.1) is 0 Å². The van der Waals surface area contributed by atoms with Crippen LogP contribution in [0.1, 0.15) is 19.4 Å². The molecule has 0 fully saturated rings. The highest BCUT2D eigenvalue weighted by atomic mass is 32.2. The zero-order valence-electron chi connectivity index (χ0n) is 10.5. The molecular weight excluding hydrogens is 288 g/mol. The van der Waals surface area contributed by atoms with Crippen molar-refractivity contribution in [2.75, 3.05) is 5.75 Å². The van der Waals surface area contributed by atoms with Crippen LogP contribution in [0.15, 0.2) is 28.5 Å². The first-order valence-electron chi connectivity index (χ1n) is 5.64. The van der Waals surface area contributed by atoms with Crippen molar-refractivity contribution in [3.05, 3.63) is 29.2 Å². The van der Waals surface area contributed by atoms with Gasteiger partial charge >= 0.3 is 0 Å². The smallest absolute Gasteiger partial charge is 0.200 e. The number of rotatable bonds is 3. The average molecular weight is 302 g/mol. The van der Waals surface area contributed by atoms with Crippen molar-refractivity contribution in [1.82, 2.24) is 0 Å². The number of aromatic hydroxyl groups is 1. The normalized spacial score (nSPS) is 17.3. The highest BCUT2D eigenvalue weighted by Gasteiger charge is 2.30. The molecule has 0 aromatic heterocycles. The van der Waals surface area contributed by atoms with Gasteiger partial charge in [-0.1, -0.05) is 0 Å². The van der Waals surface area contributed by atoms with E-state index in [4.69, 9.17) is 0 Å². The van der Waals surface area contributed by atoms with E-state index < -0.39 is 24.9 Å². The van der Waals surface area contributed by atoms with Crippen molar-refractivity contribution in [1.29, 1.82) is 0 Å². The van der Waals surface area contributed by atoms with Gasteiger partial charge in [0, 0.05) is 5.41 Å².